The zero-order valence-electron chi connectivity index (χ0n) is 15.4. The van der Waals surface area contributed by atoms with Crippen LogP contribution in [0.4, 0.5) is 11.4 Å². The summed E-state index contributed by atoms with van der Waals surface area (Å²) in [5.74, 6) is -0.327. The van der Waals surface area contributed by atoms with E-state index in [2.05, 4.69) is 5.32 Å². The molecule has 0 unspecified atom stereocenters. The largest absolute Gasteiger partial charge is 0.322 e. The topological polar surface area (TPSA) is 83.6 Å². The van der Waals surface area contributed by atoms with Gasteiger partial charge in [0.25, 0.3) is 5.91 Å². The minimum Gasteiger partial charge on any atom is -0.322 e. The first-order chi connectivity index (χ1) is 12.8. The van der Waals surface area contributed by atoms with Gasteiger partial charge in [0.05, 0.1) is 11.4 Å². The molecule has 0 aromatic heterocycles. The molecule has 0 aliphatic carbocycles. The number of hydrogen-bond donors (Lipinski definition) is 1. The Morgan fingerprint density at radius 1 is 1.11 bits per heavy atom. The van der Waals surface area contributed by atoms with Gasteiger partial charge in [-0.2, -0.15) is 0 Å². The fourth-order valence-corrected chi connectivity index (χ4v) is 4.36. The van der Waals surface area contributed by atoms with Gasteiger partial charge in [-0.05, 0) is 62.6 Å². The highest BCUT2D eigenvalue weighted by molar-refractivity contribution is 7.92. The number of amides is 1. The van der Waals surface area contributed by atoms with Gasteiger partial charge in [0.1, 0.15) is 0 Å². The Balaban J connectivity index is 1.85. The lowest BCUT2D eigenvalue weighted by molar-refractivity contribution is 0.101. The van der Waals surface area contributed by atoms with E-state index in [0.717, 1.165) is 18.4 Å². The molecule has 142 valence electrons. The van der Waals surface area contributed by atoms with Crippen LogP contribution in [0.25, 0.3) is 0 Å². The van der Waals surface area contributed by atoms with Crippen LogP contribution in [-0.2, 0) is 16.4 Å². The summed E-state index contributed by atoms with van der Waals surface area (Å²) in [6.45, 7) is 3.56. The molecule has 1 heterocycles. The quantitative estimate of drug-likeness (QED) is 0.800. The highest BCUT2D eigenvalue weighted by atomic mass is 32.2. The molecule has 0 saturated carbocycles. The van der Waals surface area contributed by atoms with Crippen LogP contribution in [0.1, 0.15) is 46.5 Å². The molecule has 3 rings (SSSR count). The summed E-state index contributed by atoms with van der Waals surface area (Å²) in [4.78, 5) is 24.1. The van der Waals surface area contributed by atoms with Gasteiger partial charge in [0.2, 0.25) is 10.0 Å². The van der Waals surface area contributed by atoms with Crippen molar-refractivity contribution >= 4 is 33.1 Å². The van der Waals surface area contributed by atoms with Crippen molar-refractivity contribution in [3.63, 3.8) is 0 Å². The van der Waals surface area contributed by atoms with E-state index in [1.807, 2.05) is 0 Å². The number of nitrogens with one attached hydrogen (secondary N) is 1. The lowest BCUT2D eigenvalue weighted by atomic mass is 10.0. The Hall–Kier alpha value is -2.67. The van der Waals surface area contributed by atoms with Crippen molar-refractivity contribution in [1.29, 1.82) is 0 Å². The standard InChI is InChI=1S/C20H22N2O4S/c1-3-27(25,26)22-11-5-7-16-12-17(9-10-19(16)22)20(24)21-18-8-4-6-15(13-18)14(2)23/h4,6,8-10,12-13H,3,5,7,11H2,1-2H3,(H,21,24). The second-order valence-corrected chi connectivity index (χ2v) is 8.69. The number of Topliss-reactive ketones (excluding diaryl/α,β-unsaturated/α-hetero) is 1. The maximum Gasteiger partial charge on any atom is 0.255 e. The van der Waals surface area contributed by atoms with Crippen LogP contribution in [0.15, 0.2) is 42.5 Å². The summed E-state index contributed by atoms with van der Waals surface area (Å²) in [5.41, 5.74) is 3.03. The second kappa shape index (κ2) is 7.52. The van der Waals surface area contributed by atoms with Crippen LogP contribution in [-0.4, -0.2) is 32.4 Å². The van der Waals surface area contributed by atoms with E-state index >= 15 is 0 Å². The van der Waals surface area contributed by atoms with Crippen LogP contribution in [0.5, 0.6) is 0 Å². The predicted octanol–water partition coefficient (Wildman–Crippen LogP) is 3.24. The van der Waals surface area contributed by atoms with Crippen molar-refractivity contribution in [2.24, 2.45) is 0 Å². The number of anilines is 2. The molecule has 0 fully saturated rings. The average Bonchev–Trinajstić information content (AvgIpc) is 2.67. The molecule has 2 aromatic rings. The van der Waals surface area contributed by atoms with Crippen molar-refractivity contribution in [3.05, 3.63) is 59.2 Å². The molecule has 0 bridgehead atoms. The molecule has 1 aliphatic heterocycles. The SMILES string of the molecule is CCS(=O)(=O)N1CCCc2cc(C(=O)Nc3cccc(C(C)=O)c3)ccc21. The third-order valence-corrected chi connectivity index (χ3v) is 6.43. The Bertz CT molecular complexity index is 999. The van der Waals surface area contributed by atoms with Crippen LogP contribution in [0.3, 0.4) is 0 Å². The fourth-order valence-electron chi connectivity index (χ4n) is 3.17. The molecule has 1 aliphatic rings. The number of hydrogen-bond acceptors (Lipinski definition) is 4. The molecule has 27 heavy (non-hydrogen) atoms. The summed E-state index contributed by atoms with van der Waals surface area (Å²) < 4.78 is 26.0. The first-order valence-corrected chi connectivity index (χ1v) is 10.5. The van der Waals surface area contributed by atoms with E-state index in [4.69, 9.17) is 0 Å². The molecule has 1 amide bonds. The minimum absolute atomic E-state index is 0.0428. The number of aryl methyl sites for hydroxylation is 1. The van der Waals surface area contributed by atoms with E-state index in [1.165, 1.54) is 11.2 Å². The molecule has 0 saturated heterocycles. The predicted molar refractivity (Wildman–Crippen MR) is 106 cm³/mol. The maximum absolute atomic E-state index is 12.6. The molecule has 7 heteroatoms. The number of carbonyl (C=O) groups is 2. The third kappa shape index (κ3) is 4.03. The van der Waals surface area contributed by atoms with E-state index in [0.29, 0.717) is 29.0 Å². The minimum atomic E-state index is -3.33. The van der Waals surface area contributed by atoms with E-state index in [9.17, 15) is 18.0 Å². The number of carbonyl (C=O) groups excluding carboxylic acids is 2. The highest BCUT2D eigenvalue weighted by Crippen LogP contribution is 2.30. The molecule has 2 aromatic carbocycles. The Kier molecular flexibility index (Phi) is 5.32. The van der Waals surface area contributed by atoms with Gasteiger partial charge in [-0.1, -0.05) is 12.1 Å². The van der Waals surface area contributed by atoms with Crippen LogP contribution >= 0.6 is 0 Å². The van der Waals surface area contributed by atoms with Crippen molar-refractivity contribution < 1.29 is 18.0 Å². The Morgan fingerprint density at radius 2 is 1.89 bits per heavy atom. The monoisotopic (exact) mass is 386 g/mol. The summed E-state index contributed by atoms with van der Waals surface area (Å²) >= 11 is 0. The number of nitrogens with zero attached hydrogens (tertiary/aromatic N) is 1. The second-order valence-electron chi connectivity index (χ2n) is 6.51. The molecule has 0 radical (unpaired) electrons. The van der Waals surface area contributed by atoms with Gasteiger partial charge >= 0.3 is 0 Å². The fraction of sp³-hybridized carbons (Fsp3) is 0.300. The summed E-state index contributed by atoms with van der Waals surface area (Å²) in [7, 11) is -3.33. The van der Waals surface area contributed by atoms with Gasteiger partial charge < -0.3 is 5.32 Å². The van der Waals surface area contributed by atoms with E-state index in [-0.39, 0.29) is 17.4 Å². The van der Waals surface area contributed by atoms with Crippen molar-refractivity contribution in [1.82, 2.24) is 0 Å². The van der Waals surface area contributed by atoms with Crippen molar-refractivity contribution in [2.75, 3.05) is 21.9 Å². The molecular weight excluding hydrogens is 364 g/mol. The Morgan fingerprint density at radius 3 is 2.59 bits per heavy atom. The first kappa shape index (κ1) is 19.1. The lowest BCUT2D eigenvalue weighted by Crippen LogP contribution is -2.36. The van der Waals surface area contributed by atoms with Crippen molar-refractivity contribution in [2.45, 2.75) is 26.7 Å². The summed E-state index contributed by atoms with van der Waals surface area (Å²) in [6.07, 6.45) is 1.45. The van der Waals surface area contributed by atoms with Crippen LogP contribution in [0, 0.1) is 0 Å². The molecule has 0 atom stereocenters. The van der Waals surface area contributed by atoms with Gasteiger partial charge in [-0.15, -0.1) is 0 Å². The van der Waals surface area contributed by atoms with Crippen LogP contribution < -0.4 is 9.62 Å². The number of rotatable bonds is 5. The Labute approximate surface area is 159 Å². The van der Waals surface area contributed by atoms with E-state index < -0.39 is 10.0 Å². The van der Waals surface area contributed by atoms with Crippen LogP contribution in [0.2, 0.25) is 0 Å². The van der Waals surface area contributed by atoms with Crippen molar-refractivity contribution in [3.8, 4) is 0 Å². The average molecular weight is 386 g/mol. The normalized spacial score (nSPS) is 13.8. The van der Waals surface area contributed by atoms with E-state index in [1.54, 1.807) is 49.4 Å². The molecule has 0 spiro atoms. The number of fused-ring (bicyclic) bond motifs is 1. The highest BCUT2D eigenvalue weighted by Gasteiger charge is 2.26. The van der Waals surface area contributed by atoms with Gasteiger partial charge in [-0.25, -0.2) is 8.42 Å². The molecule has 1 N–H and O–H groups in total. The molecular formula is C20H22N2O4S. The van der Waals surface area contributed by atoms with Gasteiger partial charge in [-0.3, -0.25) is 13.9 Å². The lowest BCUT2D eigenvalue weighted by Gasteiger charge is -2.30. The summed E-state index contributed by atoms with van der Waals surface area (Å²) in [6, 6.07) is 11.8. The smallest absolute Gasteiger partial charge is 0.255 e. The number of benzene rings is 2. The number of ketones is 1. The maximum atomic E-state index is 12.6. The first-order valence-electron chi connectivity index (χ1n) is 8.87. The van der Waals surface area contributed by atoms with Gasteiger partial charge in [0, 0.05) is 23.4 Å². The number of sulfonamides is 1. The zero-order valence-corrected chi connectivity index (χ0v) is 16.2. The molecule has 6 nitrogen and oxygen atoms in total. The van der Waals surface area contributed by atoms with Gasteiger partial charge in [0.15, 0.2) is 5.78 Å². The third-order valence-electron chi connectivity index (χ3n) is 4.65. The summed E-state index contributed by atoms with van der Waals surface area (Å²) in [5, 5.41) is 2.79. The zero-order chi connectivity index (χ0) is 19.6.